The van der Waals surface area contributed by atoms with E-state index < -0.39 is 0 Å². The molecule has 1 aliphatic heterocycles. The molecule has 1 aliphatic rings. The second kappa shape index (κ2) is 4.74. The van der Waals surface area contributed by atoms with E-state index in [1.807, 2.05) is 19.1 Å². The van der Waals surface area contributed by atoms with E-state index in [1.54, 1.807) is 7.11 Å². The van der Waals surface area contributed by atoms with Crippen LogP contribution in [0.25, 0.3) is 0 Å². The molecule has 0 spiro atoms. The minimum atomic E-state index is 0.255. The van der Waals surface area contributed by atoms with Crippen LogP contribution in [0, 0.1) is 6.92 Å². The van der Waals surface area contributed by atoms with Crippen molar-refractivity contribution >= 4 is 0 Å². The highest BCUT2D eigenvalue weighted by atomic mass is 16.5. The molecule has 1 aromatic rings. The summed E-state index contributed by atoms with van der Waals surface area (Å²) < 4.78 is 5.16. The van der Waals surface area contributed by atoms with Crippen molar-refractivity contribution in [3.63, 3.8) is 0 Å². The predicted molar refractivity (Wildman–Crippen MR) is 64.1 cm³/mol. The van der Waals surface area contributed by atoms with Gasteiger partial charge in [-0.05, 0) is 49.9 Å². The lowest BCUT2D eigenvalue weighted by Gasteiger charge is -2.13. The molecule has 0 radical (unpaired) electrons. The summed E-state index contributed by atoms with van der Waals surface area (Å²) in [5.74, 6) is 0.832. The molecule has 2 rings (SSSR count). The Morgan fingerprint density at radius 3 is 2.94 bits per heavy atom. The van der Waals surface area contributed by atoms with Crippen LogP contribution in [0.2, 0.25) is 0 Å². The fraction of sp³-hybridized carbons (Fsp3) is 0.538. The summed E-state index contributed by atoms with van der Waals surface area (Å²) in [7, 11) is 1.59. The number of nitrogens with one attached hydrogen (secondary N) is 1. The summed E-state index contributed by atoms with van der Waals surface area (Å²) in [5.41, 5.74) is 2.11. The van der Waals surface area contributed by atoms with Crippen LogP contribution in [0.3, 0.4) is 0 Å². The molecule has 0 bridgehead atoms. The number of hydrogen-bond donors (Lipinski definition) is 2. The maximum atomic E-state index is 9.74. The molecule has 3 heteroatoms. The number of aryl methyl sites for hydroxylation is 1. The molecule has 1 unspecified atom stereocenters. The summed E-state index contributed by atoms with van der Waals surface area (Å²) in [4.78, 5) is 0. The second-order valence-corrected chi connectivity index (χ2v) is 4.46. The molecule has 16 heavy (non-hydrogen) atoms. The lowest BCUT2D eigenvalue weighted by atomic mass is 10.0. The van der Waals surface area contributed by atoms with E-state index in [4.69, 9.17) is 4.74 Å². The van der Waals surface area contributed by atoms with Gasteiger partial charge in [0.25, 0.3) is 0 Å². The zero-order chi connectivity index (χ0) is 11.5. The first-order chi connectivity index (χ1) is 7.70. The van der Waals surface area contributed by atoms with Gasteiger partial charge in [-0.15, -0.1) is 0 Å². The lowest BCUT2D eigenvalue weighted by Crippen LogP contribution is -2.23. The average molecular weight is 221 g/mol. The highest BCUT2D eigenvalue weighted by Crippen LogP contribution is 2.31. The minimum Gasteiger partial charge on any atom is -0.504 e. The van der Waals surface area contributed by atoms with Crippen LogP contribution in [0.1, 0.15) is 24.0 Å². The first-order valence-corrected chi connectivity index (χ1v) is 5.80. The number of phenols is 1. The Morgan fingerprint density at radius 2 is 2.31 bits per heavy atom. The zero-order valence-corrected chi connectivity index (χ0v) is 9.92. The molecule has 1 saturated heterocycles. The van der Waals surface area contributed by atoms with Crippen molar-refractivity contribution in [3.8, 4) is 11.5 Å². The van der Waals surface area contributed by atoms with Crippen LogP contribution in [-0.2, 0) is 6.42 Å². The standard InChI is InChI=1S/C13H19NO2/c1-9-6-10(7-11-4-3-5-14-11)8-12(16-2)13(9)15/h6,8,11,14-15H,3-5,7H2,1-2H3. The Hall–Kier alpha value is -1.22. The van der Waals surface area contributed by atoms with Crippen LogP contribution in [0.5, 0.6) is 11.5 Å². The van der Waals surface area contributed by atoms with Crippen molar-refractivity contribution in [1.29, 1.82) is 0 Å². The molecule has 88 valence electrons. The van der Waals surface area contributed by atoms with Gasteiger partial charge in [-0.1, -0.05) is 6.07 Å². The number of aromatic hydroxyl groups is 1. The van der Waals surface area contributed by atoms with E-state index in [0.29, 0.717) is 11.8 Å². The van der Waals surface area contributed by atoms with Crippen LogP contribution in [-0.4, -0.2) is 24.8 Å². The Bertz CT molecular complexity index is 370. The Balaban J connectivity index is 2.17. The third-order valence-electron chi connectivity index (χ3n) is 3.19. The van der Waals surface area contributed by atoms with Crippen LogP contribution in [0.4, 0.5) is 0 Å². The number of hydrogen-bond acceptors (Lipinski definition) is 3. The van der Waals surface area contributed by atoms with Crippen molar-refractivity contribution in [2.75, 3.05) is 13.7 Å². The molecule has 1 fully saturated rings. The maximum Gasteiger partial charge on any atom is 0.161 e. The molecule has 2 N–H and O–H groups in total. The molecule has 0 aliphatic carbocycles. The monoisotopic (exact) mass is 221 g/mol. The third kappa shape index (κ3) is 2.30. The van der Waals surface area contributed by atoms with Gasteiger partial charge in [0.15, 0.2) is 11.5 Å². The first-order valence-electron chi connectivity index (χ1n) is 5.80. The summed E-state index contributed by atoms with van der Waals surface area (Å²) in [6.45, 7) is 3.03. The van der Waals surface area contributed by atoms with Gasteiger partial charge >= 0.3 is 0 Å². The molecule has 1 aromatic carbocycles. The van der Waals surface area contributed by atoms with Gasteiger partial charge in [0.1, 0.15) is 0 Å². The van der Waals surface area contributed by atoms with Crippen molar-refractivity contribution in [2.45, 2.75) is 32.2 Å². The molecule has 0 aromatic heterocycles. The number of benzene rings is 1. The fourth-order valence-corrected chi connectivity index (χ4v) is 2.31. The van der Waals surface area contributed by atoms with Crippen molar-refractivity contribution in [2.24, 2.45) is 0 Å². The molecule has 0 amide bonds. The highest BCUT2D eigenvalue weighted by molar-refractivity contribution is 5.48. The number of methoxy groups -OCH3 is 1. The number of phenolic OH excluding ortho intramolecular Hbond substituents is 1. The van der Waals surface area contributed by atoms with E-state index in [1.165, 1.54) is 18.4 Å². The quantitative estimate of drug-likeness (QED) is 0.820. The van der Waals surface area contributed by atoms with E-state index in [9.17, 15) is 5.11 Å². The lowest BCUT2D eigenvalue weighted by molar-refractivity contribution is 0.371. The van der Waals surface area contributed by atoms with E-state index in [2.05, 4.69) is 5.32 Å². The SMILES string of the molecule is COc1cc(CC2CCCN2)cc(C)c1O. The largest absolute Gasteiger partial charge is 0.504 e. The Morgan fingerprint density at radius 1 is 1.50 bits per heavy atom. The van der Waals surface area contributed by atoms with Gasteiger partial charge in [0, 0.05) is 6.04 Å². The third-order valence-corrected chi connectivity index (χ3v) is 3.19. The Kier molecular flexibility index (Phi) is 3.34. The van der Waals surface area contributed by atoms with E-state index >= 15 is 0 Å². The van der Waals surface area contributed by atoms with Gasteiger partial charge in [-0.25, -0.2) is 0 Å². The summed E-state index contributed by atoms with van der Waals surface area (Å²) in [6, 6.07) is 4.55. The second-order valence-electron chi connectivity index (χ2n) is 4.46. The topological polar surface area (TPSA) is 41.5 Å². The van der Waals surface area contributed by atoms with E-state index in [0.717, 1.165) is 18.5 Å². The van der Waals surface area contributed by atoms with E-state index in [-0.39, 0.29) is 5.75 Å². The maximum absolute atomic E-state index is 9.74. The average Bonchev–Trinajstić information content (AvgIpc) is 2.76. The van der Waals surface area contributed by atoms with Crippen LogP contribution >= 0.6 is 0 Å². The summed E-state index contributed by atoms with van der Waals surface area (Å²) >= 11 is 0. The van der Waals surface area contributed by atoms with Crippen molar-refractivity contribution in [1.82, 2.24) is 5.32 Å². The highest BCUT2D eigenvalue weighted by Gasteiger charge is 2.16. The molecular formula is C13H19NO2. The fourth-order valence-electron chi connectivity index (χ4n) is 2.31. The van der Waals surface area contributed by atoms with Gasteiger partial charge in [0.05, 0.1) is 7.11 Å². The predicted octanol–water partition coefficient (Wildman–Crippen LogP) is 2.00. The summed E-state index contributed by atoms with van der Waals surface area (Å²) in [5, 5.41) is 13.2. The van der Waals surface area contributed by atoms with Gasteiger partial charge in [-0.2, -0.15) is 0 Å². The molecule has 0 saturated carbocycles. The first kappa shape index (κ1) is 11.3. The van der Waals surface area contributed by atoms with Gasteiger partial charge in [-0.3, -0.25) is 0 Å². The molecule has 1 atom stereocenters. The normalized spacial score (nSPS) is 20.0. The molecule has 3 nitrogen and oxygen atoms in total. The zero-order valence-electron chi connectivity index (χ0n) is 9.92. The van der Waals surface area contributed by atoms with Gasteiger partial charge in [0.2, 0.25) is 0 Å². The molecular weight excluding hydrogens is 202 g/mol. The number of rotatable bonds is 3. The smallest absolute Gasteiger partial charge is 0.161 e. The van der Waals surface area contributed by atoms with Crippen LogP contribution in [0.15, 0.2) is 12.1 Å². The van der Waals surface area contributed by atoms with Crippen LogP contribution < -0.4 is 10.1 Å². The van der Waals surface area contributed by atoms with Crippen molar-refractivity contribution in [3.05, 3.63) is 23.3 Å². The minimum absolute atomic E-state index is 0.255. The number of ether oxygens (including phenoxy) is 1. The van der Waals surface area contributed by atoms with Gasteiger partial charge < -0.3 is 15.2 Å². The molecule has 1 heterocycles. The Labute approximate surface area is 96.4 Å². The van der Waals surface area contributed by atoms with Crippen molar-refractivity contribution < 1.29 is 9.84 Å². The summed E-state index contributed by atoms with van der Waals surface area (Å²) in [6.07, 6.45) is 3.51.